The Balaban J connectivity index is 1.79. The number of halogens is 1. The predicted molar refractivity (Wildman–Crippen MR) is 93.1 cm³/mol. The van der Waals surface area contributed by atoms with Gasteiger partial charge in [-0.1, -0.05) is 18.5 Å². The molecular formula is C18H23ClN2O2. The third-order valence-corrected chi connectivity index (χ3v) is 5.39. The van der Waals surface area contributed by atoms with Gasteiger partial charge in [-0.3, -0.25) is 4.79 Å². The quantitative estimate of drug-likeness (QED) is 0.863. The minimum atomic E-state index is 0.166. The number of amides is 1. The zero-order chi connectivity index (χ0) is 16.6. The molecule has 1 aromatic heterocycles. The molecule has 0 radical (unpaired) electrons. The average Bonchev–Trinajstić information content (AvgIpc) is 2.95. The van der Waals surface area contributed by atoms with Gasteiger partial charge >= 0.3 is 0 Å². The lowest BCUT2D eigenvalue weighted by molar-refractivity contribution is -0.132. The Labute approximate surface area is 142 Å². The summed E-state index contributed by atoms with van der Waals surface area (Å²) in [6.07, 6.45) is 2.08. The Morgan fingerprint density at radius 2 is 1.96 bits per heavy atom. The van der Waals surface area contributed by atoms with Crippen molar-refractivity contribution in [3.05, 3.63) is 34.0 Å². The molecule has 1 aromatic carbocycles. The van der Waals surface area contributed by atoms with Crippen molar-refractivity contribution in [2.75, 3.05) is 32.7 Å². The van der Waals surface area contributed by atoms with E-state index in [0.29, 0.717) is 6.42 Å². The van der Waals surface area contributed by atoms with Crippen LogP contribution in [0.1, 0.15) is 23.6 Å². The Morgan fingerprint density at radius 1 is 1.26 bits per heavy atom. The summed E-state index contributed by atoms with van der Waals surface area (Å²) in [6.45, 7) is 10.7. The molecule has 0 aliphatic carbocycles. The molecule has 23 heavy (non-hydrogen) atoms. The summed E-state index contributed by atoms with van der Waals surface area (Å²) in [5.74, 6) is 0.166. The van der Waals surface area contributed by atoms with Crippen LogP contribution in [0.2, 0.25) is 5.02 Å². The largest absolute Gasteiger partial charge is 0.464 e. The molecule has 4 nitrogen and oxygen atoms in total. The number of fused-ring (bicyclic) bond motifs is 1. The lowest BCUT2D eigenvalue weighted by Crippen LogP contribution is -2.48. The number of hydrogen-bond acceptors (Lipinski definition) is 3. The normalized spacial score (nSPS) is 16.3. The first kappa shape index (κ1) is 16.3. The van der Waals surface area contributed by atoms with Gasteiger partial charge in [0.25, 0.3) is 0 Å². The zero-order valence-electron chi connectivity index (χ0n) is 14.0. The molecule has 0 unspecified atom stereocenters. The molecule has 0 atom stereocenters. The van der Waals surface area contributed by atoms with Crippen LogP contribution < -0.4 is 0 Å². The number of nitrogens with zero attached hydrogens (tertiary/aromatic N) is 2. The fourth-order valence-electron chi connectivity index (χ4n) is 3.33. The highest BCUT2D eigenvalue weighted by Crippen LogP contribution is 2.32. The summed E-state index contributed by atoms with van der Waals surface area (Å²) in [5.41, 5.74) is 3.74. The second-order valence-electron chi connectivity index (χ2n) is 6.26. The van der Waals surface area contributed by atoms with E-state index in [9.17, 15) is 4.79 Å². The number of likely N-dealkylation sites (N-methyl/N-ethyl adjacent to an activating group) is 1. The van der Waals surface area contributed by atoms with Crippen LogP contribution >= 0.6 is 11.6 Å². The van der Waals surface area contributed by atoms with Crippen molar-refractivity contribution in [1.29, 1.82) is 0 Å². The smallest absolute Gasteiger partial charge is 0.227 e. The Bertz CT molecular complexity index is 730. The summed E-state index contributed by atoms with van der Waals surface area (Å²) in [7, 11) is 0. The summed E-state index contributed by atoms with van der Waals surface area (Å²) in [4.78, 5) is 16.9. The van der Waals surface area contributed by atoms with Gasteiger partial charge in [-0.25, -0.2) is 0 Å². The number of carbonyl (C=O) groups excluding carboxylic acids is 1. The minimum Gasteiger partial charge on any atom is -0.464 e. The molecule has 1 amide bonds. The monoisotopic (exact) mass is 334 g/mol. The van der Waals surface area contributed by atoms with E-state index in [1.807, 2.05) is 24.8 Å². The number of benzene rings is 1. The number of piperazine rings is 1. The van der Waals surface area contributed by atoms with Gasteiger partial charge in [0.15, 0.2) is 0 Å². The second kappa shape index (κ2) is 6.54. The molecule has 1 aliphatic heterocycles. The van der Waals surface area contributed by atoms with Crippen LogP contribution in [0.25, 0.3) is 11.0 Å². The van der Waals surface area contributed by atoms with Crippen LogP contribution in [0.3, 0.4) is 0 Å². The first-order valence-corrected chi connectivity index (χ1v) is 8.55. The molecule has 1 fully saturated rings. The molecule has 0 N–H and O–H groups in total. The van der Waals surface area contributed by atoms with Crippen molar-refractivity contribution in [3.63, 3.8) is 0 Å². The maximum absolute atomic E-state index is 12.6. The first-order valence-electron chi connectivity index (χ1n) is 8.17. The van der Waals surface area contributed by atoms with Gasteiger partial charge in [0.2, 0.25) is 5.91 Å². The number of hydrogen-bond donors (Lipinski definition) is 0. The molecule has 3 rings (SSSR count). The second-order valence-corrected chi connectivity index (χ2v) is 6.64. The third-order valence-electron chi connectivity index (χ3n) is 4.81. The van der Waals surface area contributed by atoms with E-state index in [-0.39, 0.29) is 5.91 Å². The molecule has 2 aromatic rings. The van der Waals surface area contributed by atoms with Crippen LogP contribution in [0.5, 0.6) is 0 Å². The SMILES string of the molecule is CCN1CCN(C(=O)Cc2coc3cc(C)c(Cl)c(C)c23)CC1. The number of furan rings is 1. The highest BCUT2D eigenvalue weighted by atomic mass is 35.5. The fraction of sp³-hybridized carbons (Fsp3) is 0.500. The highest BCUT2D eigenvalue weighted by Gasteiger charge is 2.22. The van der Waals surface area contributed by atoms with Crippen molar-refractivity contribution in [2.24, 2.45) is 0 Å². The molecule has 0 bridgehead atoms. The van der Waals surface area contributed by atoms with E-state index >= 15 is 0 Å². The molecule has 5 heteroatoms. The van der Waals surface area contributed by atoms with E-state index in [1.54, 1.807) is 6.26 Å². The van der Waals surface area contributed by atoms with Crippen molar-refractivity contribution in [1.82, 2.24) is 9.80 Å². The molecule has 0 saturated carbocycles. The third kappa shape index (κ3) is 3.10. The van der Waals surface area contributed by atoms with Gasteiger partial charge in [0, 0.05) is 42.2 Å². The van der Waals surface area contributed by atoms with Crippen molar-refractivity contribution < 1.29 is 9.21 Å². The fourth-order valence-corrected chi connectivity index (χ4v) is 3.48. The van der Waals surface area contributed by atoms with E-state index in [2.05, 4.69) is 11.8 Å². The zero-order valence-corrected chi connectivity index (χ0v) is 14.7. The van der Waals surface area contributed by atoms with Crippen molar-refractivity contribution in [2.45, 2.75) is 27.2 Å². The molecule has 124 valence electrons. The average molecular weight is 335 g/mol. The standard InChI is InChI=1S/C18H23ClN2O2/c1-4-20-5-7-21(8-6-20)16(22)10-14-11-23-15-9-12(2)18(19)13(3)17(14)15/h9,11H,4-8,10H2,1-3H3. The van der Waals surface area contributed by atoms with Crippen LogP contribution in [-0.2, 0) is 11.2 Å². The van der Waals surface area contributed by atoms with Gasteiger partial charge in [0.1, 0.15) is 5.58 Å². The van der Waals surface area contributed by atoms with Gasteiger partial charge in [-0.05, 0) is 37.6 Å². The first-order chi connectivity index (χ1) is 11.0. The number of carbonyl (C=O) groups is 1. The van der Waals surface area contributed by atoms with Gasteiger partial charge in [0.05, 0.1) is 12.7 Å². The maximum atomic E-state index is 12.6. The van der Waals surface area contributed by atoms with Gasteiger partial charge < -0.3 is 14.2 Å². The molecule has 2 heterocycles. The molecular weight excluding hydrogens is 312 g/mol. The minimum absolute atomic E-state index is 0.166. The van der Waals surface area contributed by atoms with Gasteiger partial charge in [-0.15, -0.1) is 0 Å². The van der Waals surface area contributed by atoms with Crippen LogP contribution in [0.15, 0.2) is 16.7 Å². The Morgan fingerprint density at radius 3 is 2.61 bits per heavy atom. The summed E-state index contributed by atoms with van der Waals surface area (Å²) in [5, 5.41) is 1.74. The van der Waals surface area contributed by atoms with E-state index < -0.39 is 0 Å². The van der Waals surface area contributed by atoms with Crippen LogP contribution in [0.4, 0.5) is 0 Å². The summed E-state index contributed by atoms with van der Waals surface area (Å²) >= 11 is 6.36. The van der Waals surface area contributed by atoms with Crippen molar-refractivity contribution >= 4 is 28.5 Å². The highest BCUT2D eigenvalue weighted by molar-refractivity contribution is 6.33. The summed E-state index contributed by atoms with van der Waals surface area (Å²) in [6, 6.07) is 1.94. The van der Waals surface area contributed by atoms with Gasteiger partial charge in [-0.2, -0.15) is 0 Å². The van der Waals surface area contributed by atoms with Crippen LogP contribution in [-0.4, -0.2) is 48.4 Å². The predicted octanol–water partition coefficient (Wildman–Crippen LogP) is 3.41. The maximum Gasteiger partial charge on any atom is 0.227 e. The number of rotatable bonds is 3. The van der Waals surface area contributed by atoms with E-state index in [1.165, 1.54) is 0 Å². The molecule has 1 aliphatic rings. The van der Waals surface area contributed by atoms with E-state index in [0.717, 1.165) is 65.4 Å². The summed E-state index contributed by atoms with van der Waals surface area (Å²) < 4.78 is 5.65. The molecule has 0 spiro atoms. The van der Waals surface area contributed by atoms with Crippen LogP contribution in [0, 0.1) is 13.8 Å². The van der Waals surface area contributed by atoms with Crippen molar-refractivity contribution in [3.8, 4) is 0 Å². The lowest BCUT2D eigenvalue weighted by Gasteiger charge is -2.34. The topological polar surface area (TPSA) is 36.7 Å². The Hall–Kier alpha value is -1.52. The Kier molecular flexibility index (Phi) is 4.64. The molecule has 1 saturated heterocycles. The lowest BCUT2D eigenvalue weighted by atomic mass is 10.0. The van der Waals surface area contributed by atoms with E-state index in [4.69, 9.17) is 16.0 Å². The number of aryl methyl sites for hydroxylation is 2.